The highest BCUT2D eigenvalue weighted by Crippen LogP contribution is 2.23. The number of nitrogens with one attached hydrogen (secondary N) is 1. The lowest BCUT2D eigenvalue weighted by atomic mass is 10.1. The Kier molecular flexibility index (Phi) is 3.53. The number of ether oxygens (including phenoxy) is 1. The van der Waals surface area contributed by atoms with Gasteiger partial charge in [-0.25, -0.2) is 0 Å². The van der Waals surface area contributed by atoms with Crippen LogP contribution in [0.25, 0.3) is 0 Å². The second kappa shape index (κ2) is 5.09. The average Bonchev–Trinajstić information content (AvgIpc) is 2.78. The molecule has 0 bridgehead atoms. The van der Waals surface area contributed by atoms with Gasteiger partial charge in [0.05, 0.1) is 11.5 Å². The lowest BCUT2D eigenvalue weighted by Gasteiger charge is -2.10. The molecular formula is C11H13FN2O3. The second-order valence-electron chi connectivity index (χ2n) is 4.04. The normalized spacial score (nSPS) is 19.2. The lowest BCUT2D eigenvalue weighted by Crippen LogP contribution is -2.15. The first-order valence-electron chi connectivity index (χ1n) is 5.44. The number of nitrogens with zero attached hydrogens (tertiary/aromatic N) is 1. The Balaban J connectivity index is 1.97. The zero-order chi connectivity index (χ0) is 12.3. The molecule has 0 spiro atoms. The first kappa shape index (κ1) is 11.8. The smallest absolute Gasteiger partial charge is 0.305 e. The molecule has 1 aliphatic heterocycles. The van der Waals surface area contributed by atoms with Gasteiger partial charge in [0.2, 0.25) is 5.82 Å². The minimum Gasteiger partial charge on any atom is -0.493 e. The van der Waals surface area contributed by atoms with Crippen molar-refractivity contribution in [3.63, 3.8) is 0 Å². The van der Waals surface area contributed by atoms with Gasteiger partial charge in [-0.05, 0) is 19.0 Å². The molecule has 92 valence electrons. The summed E-state index contributed by atoms with van der Waals surface area (Å²) < 4.78 is 18.7. The van der Waals surface area contributed by atoms with E-state index in [1.807, 2.05) is 0 Å². The predicted molar refractivity (Wildman–Crippen MR) is 59.5 cm³/mol. The minimum atomic E-state index is -0.864. The number of halogens is 1. The maximum atomic E-state index is 13.3. The molecule has 0 aromatic heterocycles. The molecule has 0 radical (unpaired) electrons. The van der Waals surface area contributed by atoms with E-state index in [-0.39, 0.29) is 0 Å². The third-order valence-corrected chi connectivity index (χ3v) is 2.76. The van der Waals surface area contributed by atoms with Crippen LogP contribution in [0.15, 0.2) is 18.2 Å². The van der Waals surface area contributed by atoms with Gasteiger partial charge in [-0.15, -0.1) is 0 Å². The van der Waals surface area contributed by atoms with Crippen LogP contribution in [0.3, 0.4) is 0 Å². The van der Waals surface area contributed by atoms with Gasteiger partial charge in [0.25, 0.3) is 0 Å². The van der Waals surface area contributed by atoms with Gasteiger partial charge < -0.3 is 10.1 Å². The van der Waals surface area contributed by atoms with E-state index < -0.39 is 16.4 Å². The van der Waals surface area contributed by atoms with Crippen LogP contribution in [0.4, 0.5) is 10.1 Å². The number of rotatable bonds is 4. The van der Waals surface area contributed by atoms with Crippen molar-refractivity contribution in [2.75, 3.05) is 19.7 Å². The zero-order valence-corrected chi connectivity index (χ0v) is 9.19. The molecule has 2 rings (SSSR count). The van der Waals surface area contributed by atoms with Gasteiger partial charge in [-0.1, -0.05) is 0 Å². The maximum Gasteiger partial charge on any atom is 0.305 e. The van der Waals surface area contributed by atoms with Gasteiger partial charge in [-0.3, -0.25) is 10.1 Å². The van der Waals surface area contributed by atoms with Gasteiger partial charge in [0.15, 0.2) is 0 Å². The molecule has 1 aliphatic rings. The van der Waals surface area contributed by atoms with Crippen LogP contribution in [0, 0.1) is 21.8 Å². The average molecular weight is 240 g/mol. The molecule has 1 atom stereocenters. The molecule has 0 saturated carbocycles. The molecule has 6 heteroatoms. The molecule has 1 aromatic rings. The Morgan fingerprint density at radius 3 is 3.00 bits per heavy atom. The monoisotopic (exact) mass is 240 g/mol. The quantitative estimate of drug-likeness (QED) is 0.643. The van der Waals surface area contributed by atoms with Crippen molar-refractivity contribution >= 4 is 5.69 Å². The number of nitro benzene ring substituents is 1. The Hall–Kier alpha value is -1.69. The standard InChI is InChI=1S/C11H13FN2O3/c12-10-5-9(1-2-11(10)14(15)16)17-7-8-3-4-13-6-8/h1-2,5,8,13H,3-4,6-7H2. The summed E-state index contributed by atoms with van der Waals surface area (Å²) in [6, 6.07) is 3.60. The van der Waals surface area contributed by atoms with Crippen molar-refractivity contribution < 1.29 is 14.1 Å². The third kappa shape index (κ3) is 2.91. The fraction of sp³-hybridized carbons (Fsp3) is 0.455. The van der Waals surface area contributed by atoms with Gasteiger partial charge >= 0.3 is 5.69 Å². The van der Waals surface area contributed by atoms with E-state index in [4.69, 9.17) is 4.74 Å². The molecule has 5 nitrogen and oxygen atoms in total. The van der Waals surface area contributed by atoms with Crippen molar-refractivity contribution in [3.8, 4) is 5.75 Å². The Labute approximate surface area is 97.7 Å². The number of nitro groups is 1. The topological polar surface area (TPSA) is 64.4 Å². The van der Waals surface area contributed by atoms with E-state index in [2.05, 4.69) is 5.32 Å². The number of hydrogen-bond donors (Lipinski definition) is 1. The molecule has 1 unspecified atom stereocenters. The number of hydrogen-bond acceptors (Lipinski definition) is 4. The molecule has 1 aromatic carbocycles. The first-order chi connectivity index (χ1) is 8.16. The van der Waals surface area contributed by atoms with Crippen molar-refractivity contribution in [1.82, 2.24) is 5.32 Å². The summed E-state index contributed by atoms with van der Waals surface area (Å²) in [4.78, 5) is 9.67. The Morgan fingerprint density at radius 2 is 2.41 bits per heavy atom. The van der Waals surface area contributed by atoms with E-state index in [1.54, 1.807) is 0 Å². The van der Waals surface area contributed by atoms with Crippen LogP contribution in [0.5, 0.6) is 5.75 Å². The number of benzene rings is 1. The van der Waals surface area contributed by atoms with Crippen molar-refractivity contribution in [2.24, 2.45) is 5.92 Å². The highest BCUT2D eigenvalue weighted by molar-refractivity contribution is 5.37. The highest BCUT2D eigenvalue weighted by atomic mass is 19.1. The largest absolute Gasteiger partial charge is 0.493 e. The summed E-state index contributed by atoms with van der Waals surface area (Å²) >= 11 is 0. The van der Waals surface area contributed by atoms with E-state index in [0.717, 1.165) is 31.6 Å². The van der Waals surface area contributed by atoms with Crippen LogP contribution < -0.4 is 10.1 Å². The minimum absolute atomic E-state index is 0.333. The summed E-state index contributed by atoms with van der Waals surface area (Å²) in [5.41, 5.74) is -0.528. The van der Waals surface area contributed by atoms with E-state index in [1.165, 1.54) is 6.07 Å². The SMILES string of the molecule is O=[N+]([O-])c1ccc(OCC2CCNC2)cc1F. The molecular weight excluding hydrogens is 227 g/mol. The van der Waals surface area contributed by atoms with E-state index in [0.29, 0.717) is 18.3 Å². The molecule has 1 N–H and O–H groups in total. The third-order valence-electron chi connectivity index (χ3n) is 2.76. The first-order valence-corrected chi connectivity index (χ1v) is 5.44. The van der Waals surface area contributed by atoms with Crippen LogP contribution in [-0.4, -0.2) is 24.6 Å². The summed E-state index contributed by atoms with van der Waals surface area (Å²) in [7, 11) is 0. The summed E-state index contributed by atoms with van der Waals surface area (Å²) in [5.74, 6) is -0.106. The molecule has 1 saturated heterocycles. The van der Waals surface area contributed by atoms with Crippen molar-refractivity contribution in [2.45, 2.75) is 6.42 Å². The predicted octanol–water partition coefficient (Wildman–Crippen LogP) is 1.72. The molecule has 17 heavy (non-hydrogen) atoms. The maximum absolute atomic E-state index is 13.3. The highest BCUT2D eigenvalue weighted by Gasteiger charge is 2.17. The zero-order valence-electron chi connectivity index (χ0n) is 9.19. The van der Waals surface area contributed by atoms with E-state index >= 15 is 0 Å². The van der Waals surface area contributed by atoms with Crippen molar-refractivity contribution in [3.05, 3.63) is 34.1 Å². The van der Waals surface area contributed by atoms with Crippen LogP contribution in [-0.2, 0) is 0 Å². The van der Waals surface area contributed by atoms with Gasteiger partial charge in [0.1, 0.15) is 5.75 Å². The van der Waals surface area contributed by atoms with Crippen LogP contribution >= 0.6 is 0 Å². The van der Waals surface area contributed by atoms with E-state index in [9.17, 15) is 14.5 Å². The fourth-order valence-electron chi connectivity index (χ4n) is 1.80. The van der Waals surface area contributed by atoms with Crippen LogP contribution in [0.2, 0.25) is 0 Å². The summed E-state index contributed by atoms with van der Waals surface area (Å²) in [5, 5.41) is 13.6. The fourth-order valence-corrected chi connectivity index (χ4v) is 1.80. The molecule has 0 amide bonds. The lowest BCUT2D eigenvalue weighted by molar-refractivity contribution is -0.387. The molecule has 1 heterocycles. The van der Waals surface area contributed by atoms with Gasteiger partial charge in [0, 0.05) is 24.6 Å². The van der Waals surface area contributed by atoms with Gasteiger partial charge in [-0.2, -0.15) is 4.39 Å². The van der Waals surface area contributed by atoms with Crippen molar-refractivity contribution in [1.29, 1.82) is 0 Å². The molecule has 0 aliphatic carbocycles. The molecule has 1 fully saturated rings. The Bertz CT molecular complexity index is 419. The Morgan fingerprint density at radius 1 is 1.59 bits per heavy atom. The summed E-state index contributed by atoms with van der Waals surface area (Å²) in [6.07, 6.45) is 1.04. The summed E-state index contributed by atoms with van der Waals surface area (Å²) in [6.45, 7) is 2.38. The second-order valence-corrected chi connectivity index (χ2v) is 4.04. The van der Waals surface area contributed by atoms with Crippen LogP contribution in [0.1, 0.15) is 6.42 Å².